The topological polar surface area (TPSA) is 64.1 Å². The van der Waals surface area contributed by atoms with Crippen molar-refractivity contribution in [3.8, 4) is 11.5 Å². The van der Waals surface area contributed by atoms with Crippen molar-refractivity contribution < 1.29 is 14.2 Å². The molecule has 0 atom stereocenters. The number of guanidine groups is 1. The first-order chi connectivity index (χ1) is 13.8. The van der Waals surface area contributed by atoms with E-state index in [-0.39, 0.29) is 5.60 Å². The van der Waals surface area contributed by atoms with E-state index in [1.54, 1.807) is 21.3 Å². The van der Waals surface area contributed by atoms with Gasteiger partial charge in [-0.1, -0.05) is 30.3 Å². The quantitative estimate of drug-likeness (QED) is 0.521. The van der Waals surface area contributed by atoms with Crippen molar-refractivity contribution in [2.24, 2.45) is 4.99 Å². The van der Waals surface area contributed by atoms with Crippen LogP contribution in [0.4, 0.5) is 0 Å². The first-order valence-electron chi connectivity index (χ1n) is 9.72. The van der Waals surface area contributed by atoms with E-state index in [2.05, 4.69) is 60.7 Å². The molecule has 0 aromatic heterocycles. The lowest BCUT2D eigenvalue weighted by molar-refractivity contribution is -0.0149. The lowest BCUT2D eigenvalue weighted by Gasteiger charge is -2.19. The van der Waals surface area contributed by atoms with E-state index in [1.807, 2.05) is 18.2 Å². The molecule has 2 N–H and O–H groups in total. The highest BCUT2D eigenvalue weighted by atomic mass is 16.5. The van der Waals surface area contributed by atoms with Gasteiger partial charge in [0, 0.05) is 20.1 Å². The van der Waals surface area contributed by atoms with Crippen LogP contribution in [0.3, 0.4) is 0 Å². The van der Waals surface area contributed by atoms with Crippen LogP contribution >= 0.6 is 0 Å². The van der Waals surface area contributed by atoms with E-state index in [9.17, 15) is 0 Å². The second-order valence-electron chi connectivity index (χ2n) is 7.69. The zero-order chi connectivity index (χ0) is 21.3. The number of rotatable bonds is 8. The Morgan fingerprint density at radius 3 is 2.07 bits per heavy atom. The summed E-state index contributed by atoms with van der Waals surface area (Å²) in [6.45, 7) is 8.09. The van der Waals surface area contributed by atoms with Gasteiger partial charge in [0.2, 0.25) is 0 Å². The molecule has 0 aliphatic heterocycles. The van der Waals surface area contributed by atoms with E-state index in [1.165, 1.54) is 5.56 Å². The van der Waals surface area contributed by atoms with Gasteiger partial charge in [-0.05, 0) is 49.6 Å². The standard InChI is InChI=1S/C23H33N3O3/c1-23(2,3)29-16-19-9-7-8-17(12-19)14-25-22(24-4)26-15-18-10-11-20(27-5)21(13-18)28-6/h7-13H,14-16H2,1-6H3,(H2,24,25,26). The Balaban J connectivity index is 1.89. The molecule has 0 saturated heterocycles. The Morgan fingerprint density at radius 1 is 0.862 bits per heavy atom. The highest BCUT2D eigenvalue weighted by Gasteiger charge is 2.10. The Morgan fingerprint density at radius 2 is 1.48 bits per heavy atom. The average Bonchev–Trinajstić information content (AvgIpc) is 2.72. The number of nitrogens with one attached hydrogen (secondary N) is 2. The van der Waals surface area contributed by atoms with Gasteiger partial charge < -0.3 is 24.8 Å². The molecule has 2 aromatic carbocycles. The maximum atomic E-state index is 5.86. The molecule has 2 rings (SSSR count). The van der Waals surface area contributed by atoms with Gasteiger partial charge in [0.25, 0.3) is 0 Å². The van der Waals surface area contributed by atoms with Crippen LogP contribution in [0, 0.1) is 0 Å². The van der Waals surface area contributed by atoms with E-state index in [0.717, 1.165) is 17.1 Å². The van der Waals surface area contributed by atoms with Gasteiger partial charge in [-0.25, -0.2) is 0 Å². The van der Waals surface area contributed by atoms with Crippen molar-refractivity contribution in [3.63, 3.8) is 0 Å². The average molecular weight is 400 g/mol. The van der Waals surface area contributed by atoms with Gasteiger partial charge >= 0.3 is 0 Å². The number of hydrogen-bond donors (Lipinski definition) is 2. The summed E-state index contributed by atoms with van der Waals surface area (Å²) >= 11 is 0. The molecule has 0 aliphatic carbocycles. The third kappa shape index (κ3) is 7.66. The Kier molecular flexibility index (Phi) is 8.34. The lowest BCUT2D eigenvalue weighted by atomic mass is 10.1. The fourth-order valence-corrected chi connectivity index (χ4v) is 2.71. The summed E-state index contributed by atoms with van der Waals surface area (Å²) < 4.78 is 16.5. The molecule has 158 valence electrons. The first-order valence-corrected chi connectivity index (χ1v) is 9.72. The molecule has 0 radical (unpaired) electrons. The summed E-state index contributed by atoms with van der Waals surface area (Å²) in [5, 5.41) is 6.67. The summed E-state index contributed by atoms with van der Waals surface area (Å²) in [5.74, 6) is 2.16. The molecular weight excluding hydrogens is 366 g/mol. The molecule has 29 heavy (non-hydrogen) atoms. The molecule has 2 aromatic rings. The molecule has 0 bridgehead atoms. The fraction of sp³-hybridized carbons (Fsp3) is 0.435. The maximum absolute atomic E-state index is 5.86. The minimum atomic E-state index is -0.148. The van der Waals surface area contributed by atoms with E-state index < -0.39 is 0 Å². The summed E-state index contributed by atoms with van der Waals surface area (Å²) in [6.07, 6.45) is 0. The molecule has 0 amide bonds. The minimum absolute atomic E-state index is 0.148. The van der Waals surface area contributed by atoms with Gasteiger partial charge in [0.15, 0.2) is 17.5 Å². The van der Waals surface area contributed by atoms with Gasteiger partial charge in [0.05, 0.1) is 26.4 Å². The lowest BCUT2D eigenvalue weighted by Crippen LogP contribution is -2.36. The summed E-state index contributed by atoms with van der Waals surface area (Å²) in [6, 6.07) is 14.2. The molecular formula is C23H33N3O3. The molecule has 0 heterocycles. The van der Waals surface area contributed by atoms with E-state index in [0.29, 0.717) is 31.2 Å². The van der Waals surface area contributed by atoms with Crippen molar-refractivity contribution >= 4 is 5.96 Å². The van der Waals surface area contributed by atoms with Gasteiger partial charge in [-0.15, -0.1) is 0 Å². The molecule has 0 fully saturated rings. The second-order valence-corrected chi connectivity index (χ2v) is 7.69. The van der Waals surface area contributed by atoms with Crippen LogP contribution in [0.5, 0.6) is 11.5 Å². The largest absolute Gasteiger partial charge is 0.493 e. The fourth-order valence-electron chi connectivity index (χ4n) is 2.71. The molecule has 0 spiro atoms. The molecule has 6 nitrogen and oxygen atoms in total. The van der Waals surface area contributed by atoms with Crippen LogP contribution in [0.2, 0.25) is 0 Å². The Labute approximate surface area is 174 Å². The number of benzene rings is 2. The van der Waals surface area contributed by atoms with Crippen LogP contribution in [0.1, 0.15) is 37.5 Å². The smallest absolute Gasteiger partial charge is 0.191 e. The number of methoxy groups -OCH3 is 2. The zero-order valence-corrected chi connectivity index (χ0v) is 18.3. The highest BCUT2D eigenvalue weighted by molar-refractivity contribution is 5.79. The third-order valence-electron chi connectivity index (χ3n) is 4.25. The van der Waals surface area contributed by atoms with Crippen LogP contribution in [0.15, 0.2) is 47.5 Å². The van der Waals surface area contributed by atoms with Crippen LogP contribution < -0.4 is 20.1 Å². The van der Waals surface area contributed by atoms with Crippen molar-refractivity contribution in [1.82, 2.24) is 10.6 Å². The zero-order valence-electron chi connectivity index (χ0n) is 18.3. The Bertz CT molecular complexity index is 813. The van der Waals surface area contributed by atoms with Crippen molar-refractivity contribution in [2.75, 3.05) is 21.3 Å². The Hall–Kier alpha value is -2.73. The number of nitrogens with zero attached hydrogens (tertiary/aromatic N) is 1. The van der Waals surface area contributed by atoms with Crippen LogP contribution in [-0.2, 0) is 24.4 Å². The monoisotopic (exact) mass is 399 g/mol. The number of hydrogen-bond acceptors (Lipinski definition) is 4. The molecule has 6 heteroatoms. The van der Waals surface area contributed by atoms with Gasteiger partial charge in [-0.2, -0.15) is 0 Å². The normalized spacial score (nSPS) is 11.9. The minimum Gasteiger partial charge on any atom is -0.493 e. The number of ether oxygens (including phenoxy) is 3. The highest BCUT2D eigenvalue weighted by Crippen LogP contribution is 2.27. The molecule has 0 aliphatic rings. The first kappa shape index (κ1) is 22.6. The van der Waals surface area contributed by atoms with Crippen LogP contribution in [0.25, 0.3) is 0 Å². The van der Waals surface area contributed by atoms with Crippen molar-refractivity contribution in [2.45, 2.75) is 46.1 Å². The molecule has 0 unspecified atom stereocenters. The number of aliphatic imine (C=N–C) groups is 1. The van der Waals surface area contributed by atoms with Gasteiger partial charge in [-0.3, -0.25) is 4.99 Å². The van der Waals surface area contributed by atoms with E-state index in [4.69, 9.17) is 14.2 Å². The predicted octanol–water partition coefficient (Wildman–Crippen LogP) is 3.88. The molecule has 0 saturated carbocycles. The van der Waals surface area contributed by atoms with Gasteiger partial charge in [0.1, 0.15) is 0 Å². The second kappa shape index (κ2) is 10.7. The summed E-state index contributed by atoms with van der Waals surface area (Å²) in [4.78, 5) is 4.30. The SMILES string of the molecule is CN=C(NCc1cccc(COC(C)(C)C)c1)NCc1ccc(OC)c(OC)c1. The summed E-state index contributed by atoms with van der Waals surface area (Å²) in [5.41, 5.74) is 3.26. The third-order valence-corrected chi connectivity index (χ3v) is 4.25. The summed E-state index contributed by atoms with van der Waals surface area (Å²) in [7, 11) is 5.03. The maximum Gasteiger partial charge on any atom is 0.191 e. The van der Waals surface area contributed by atoms with Crippen LogP contribution in [-0.4, -0.2) is 32.8 Å². The van der Waals surface area contributed by atoms with Crippen molar-refractivity contribution in [1.29, 1.82) is 0 Å². The van der Waals surface area contributed by atoms with Crippen molar-refractivity contribution in [3.05, 3.63) is 59.2 Å². The van der Waals surface area contributed by atoms with E-state index >= 15 is 0 Å². The predicted molar refractivity (Wildman–Crippen MR) is 118 cm³/mol.